The molecule has 2 unspecified atom stereocenters. The minimum Gasteiger partial charge on any atom is -0.349 e. The van der Waals surface area contributed by atoms with Gasteiger partial charge in [0.15, 0.2) is 9.84 Å². The first-order valence-corrected chi connectivity index (χ1v) is 12.0. The van der Waals surface area contributed by atoms with Crippen molar-refractivity contribution in [3.8, 4) is 0 Å². The number of carbonyl (C=O) groups is 1. The highest BCUT2D eigenvalue weighted by atomic mass is 35.5. The van der Waals surface area contributed by atoms with E-state index >= 15 is 0 Å². The number of aryl methyl sites for hydroxylation is 1. The summed E-state index contributed by atoms with van der Waals surface area (Å²) in [6.07, 6.45) is 7.61. The normalized spacial score (nSPS) is 19.5. The first kappa shape index (κ1) is 20.9. The van der Waals surface area contributed by atoms with E-state index in [1.165, 1.54) is 17.7 Å². The summed E-state index contributed by atoms with van der Waals surface area (Å²) in [4.78, 5) is 12.8. The highest BCUT2D eigenvalue weighted by Gasteiger charge is 2.28. The maximum absolute atomic E-state index is 12.6. The van der Waals surface area contributed by atoms with Gasteiger partial charge in [0.1, 0.15) is 0 Å². The van der Waals surface area contributed by atoms with Crippen LogP contribution in [-0.4, -0.2) is 26.6 Å². The number of carbonyl (C=O) groups excluding carboxylic acids is 1. The van der Waals surface area contributed by atoms with Crippen LogP contribution < -0.4 is 5.32 Å². The molecule has 0 spiro atoms. The molecule has 0 aromatic heterocycles. The van der Waals surface area contributed by atoms with Crippen molar-refractivity contribution in [2.45, 2.75) is 49.5 Å². The van der Waals surface area contributed by atoms with Crippen molar-refractivity contribution in [2.75, 3.05) is 6.26 Å². The van der Waals surface area contributed by atoms with Crippen molar-refractivity contribution in [3.63, 3.8) is 0 Å². The van der Waals surface area contributed by atoms with Crippen molar-refractivity contribution < 1.29 is 13.2 Å². The van der Waals surface area contributed by atoms with Gasteiger partial charge in [-0.3, -0.25) is 4.79 Å². The van der Waals surface area contributed by atoms with E-state index in [2.05, 4.69) is 17.4 Å². The van der Waals surface area contributed by atoms with Crippen LogP contribution in [0.3, 0.4) is 0 Å². The third-order valence-electron chi connectivity index (χ3n) is 5.47. The number of nitrogens with one attached hydrogen (secondary N) is 1. The number of halogens is 1. The predicted molar refractivity (Wildman–Crippen MR) is 113 cm³/mol. The van der Waals surface area contributed by atoms with E-state index in [0.717, 1.165) is 49.8 Å². The van der Waals surface area contributed by atoms with Gasteiger partial charge in [0.2, 0.25) is 0 Å². The van der Waals surface area contributed by atoms with Crippen molar-refractivity contribution in [1.82, 2.24) is 5.32 Å². The molecule has 0 aliphatic heterocycles. The molecular formula is C22H26ClNO3S. The van der Waals surface area contributed by atoms with Crippen LogP contribution in [0.5, 0.6) is 0 Å². The minimum atomic E-state index is -3.25. The summed E-state index contributed by atoms with van der Waals surface area (Å²) in [7, 11) is -3.25. The van der Waals surface area contributed by atoms with E-state index in [-0.39, 0.29) is 16.8 Å². The largest absolute Gasteiger partial charge is 0.349 e. The first-order chi connectivity index (χ1) is 13.3. The van der Waals surface area contributed by atoms with E-state index in [1.54, 1.807) is 12.1 Å². The zero-order valence-corrected chi connectivity index (χ0v) is 17.6. The molecule has 6 heteroatoms. The molecule has 28 heavy (non-hydrogen) atoms. The third-order valence-corrected chi connectivity index (χ3v) is 6.85. The standard InChI is InChI=1S/C22H26ClNO3S/c1-28(26,27)20-14-10-18(11-15-20)22(25)24-21-7-3-6-17(21)5-2-4-16-8-12-19(23)13-9-16/h8-15,17,21H,2-7H2,1H3,(H,24,25). The lowest BCUT2D eigenvalue weighted by molar-refractivity contribution is 0.0926. The van der Waals surface area contributed by atoms with Gasteiger partial charge in [-0.25, -0.2) is 8.42 Å². The highest BCUT2D eigenvalue weighted by molar-refractivity contribution is 7.90. The number of amides is 1. The van der Waals surface area contributed by atoms with Gasteiger partial charge in [0.25, 0.3) is 5.91 Å². The van der Waals surface area contributed by atoms with Gasteiger partial charge in [0.05, 0.1) is 4.90 Å². The van der Waals surface area contributed by atoms with E-state index < -0.39 is 9.84 Å². The zero-order valence-electron chi connectivity index (χ0n) is 16.0. The van der Waals surface area contributed by atoms with Gasteiger partial charge in [0, 0.05) is 22.9 Å². The molecule has 2 aromatic carbocycles. The topological polar surface area (TPSA) is 63.2 Å². The fourth-order valence-corrected chi connectivity index (χ4v) is 4.65. The van der Waals surface area contributed by atoms with Crippen molar-refractivity contribution in [2.24, 2.45) is 5.92 Å². The summed E-state index contributed by atoms with van der Waals surface area (Å²) in [5.74, 6) is 0.362. The maximum atomic E-state index is 12.6. The molecule has 1 amide bonds. The summed E-state index contributed by atoms with van der Waals surface area (Å²) in [5, 5.41) is 3.91. The number of hydrogen-bond donors (Lipinski definition) is 1. The maximum Gasteiger partial charge on any atom is 0.251 e. The SMILES string of the molecule is CS(=O)(=O)c1ccc(C(=O)NC2CCCC2CCCc2ccc(Cl)cc2)cc1. The van der Waals surface area contributed by atoms with Crippen LogP contribution in [0.15, 0.2) is 53.4 Å². The van der Waals surface area contributed by atoms with Crippen molar-refractivity contribution in [3.05, 3.63) is 64.7 Å². The lowest BCUT2D eigenvalue weighted by Crippen LogP contribution is -2.37. The first-order valence-electron chi connectivity index (χ1n) is 9.68. The van der Waals surface area contributed by atoms with Crippen LogP contribution in [0.4, 0.5) is 0 Å². The zero-order chi connectivity index (χ0) is 20.1. The summed E-state index contributed by atoms with van der Waals surface area (Å²) >= 11 is 5.93. The second kappa shape index (κ2) is 9.10. The van der Waals surface area contributed by atoms with E-state index in [1.807, 2.05) is 12.1 Å². The van der Waals surface area contributed by atoms with Crippen LogP contribution >= 0.6 is 11.6 Å². The van der Waals surface area contributed by atoms with Crippen LogP contribution in [0.25, 0.3) is 0 Å². The van der Waals surface area contributed by atoms with Crippen molar-refractivity contribution >= 4 is 27.3 Å². The summed E-state index contributed by atoms with van der Waals surface area (Å²) < 4.78 is 23.1. The average molecular weight is 420 g/mol. The monoisotopic (exact) mass is 419 g/mol. The van der Waals surface area contributed by atoms with Gasteiger partial charge >= 0.3 is 0 Å². The molecule has 150 valence electrons. The Labute approximate surface area is 172 Å². The molecular weight excluding hydrogens is 394 g/mol. The van der Waals surface area contributed by atoms with Crippen LogP contribution in [0.1, 0.15) is 48.0 Å². The predicted octanol–water partition coefficient (Wildman–Crippen LogP) is 4.66. The summed E-state index contributed by atoms with van der Waals surface area (Å²) in [5.41, 5.74) is 1.79. The molecule has 2 aromatic rings. The molecule has 4 nitrogen and oxygen atoms in total. The Bertz CT molecular complexity index is 908. The molecule has 1 aliphatic carbocycles. The summed E-state index contributed by atoms with van der Waals surface area (Å²) in [6.45, 7) is 0. The average Bonchev–Trinajstić information content (AvgIpc) is 3.10. The molecule has 0 bridgehead atoms. The van der Waals surface area contributed by atoms with Gasteiger partial charge < -0.3 is 5.32 Å². The number of rotatable bonds is 7. The number of sulfone groups is 1. The van der Waals surface area contributed by atoms with Gasteiger partial charge in [-0.05, 0) is 80.0 Å². The minimum absolute atomic E-state index is 0.130. The second-order valence-corrected chi connectivity index (χ2v) is 10.0. The Morgan fingerprint density at radius 1 is 1.07 bits per heavy atom. The molecule has 0 saturated heterocycles. The van der Waals surface area contributed by atoms with Gasteiger partial charge in [-0.15, -0.1) is 0 Å². The number of benzene rings is 2. The third kappa shape index (κ3) is 5.58. The molecule has 0 heterocycles. The molecule has 2 atom stereocenters. The van der Waals surface area contributed by atoms with Gasteiger partial charge in [-0.2, -0.15) is 0 Å². The van der Waals surface area contributed by atoms with Crippen LogP contribution in [0.2, 0.25) is 5.02 Å². The summed E-state index contributed by atoms with van der Waals surface area (Å²) in [6, 6.07) is 14.3. The van der Waals surface area contributed by atoms with E-state index in [0.29, 0.717) is 11.5 Å². The van der Waals surface area contributed by atoms with E-state index in [4.69, 9.17) is 11.6 Å². The quantitative estimate of drug-likeness (QED) is 0.709. The highest BCUT2D eigenvalue weighted by Crippen LogP contribution is 2.30. The van der Waals surface area contributed by atoms with Crippen LogP contribution in [-0.2, 0) is 16.3 Å². The second-order valence-electron chi connectivity index (χ2n) is 7.59. The van der Waals surface area contributed by atoms with Crippen LogP contribution in [0, 0.1) is 5.92 Å². The molecule has 1 saturated carbocycles. The Kier molecular flexibility index (Phi) is 6.78. The lowest BCUT2D eigenvalue weighted by atomic mass is 9.95. The Balaban J connectivity index is 1.52. The smallest absolute Gasteiger partial charge is 0.251 e. The van der Waals surface area contributed by atoms with E-state index in [9.17, 15) is 13.2 Å². The Morgan fingerprint density at radius 2 is 1.75 bits per heavy atom. The van der Waals surface area contributed by atoms with Gasteiger partial charge in [-0.1, -0.05) is 30.2 Å². The molecule has 0 radical (unpaired) electrons. The Hall–Kier alpha value is -1.85. The molecule has 1 aliphatic rings. The molecule has 1 N–H and O–H groups in total. The molecule has 3 rings (SSSR count). The van der Waals surface area contributed by atoms with Crippen molar-refractivity contribution in [1.29, 1.82) is 0 Å². The lowest BCUT2D eigenvalue weighted by Gasteiger charge is -2.21. The molecule has 1 fully saturated rings. The fourth-order valence-electron chi connectivity index (χ4n) is 3.90. The number of hydrogen-bond acceptors (Lipinski definition) is 3. The fraction of sp³-hybridized carbons (Fsp3) is 0.409. The Morgan fingerprint density at radius 3 is 2.39 bits per heavy atom.